The molecule has 0 aliphatic heterocycles. The first kappa shape index (κ1) is 12.5. The largest absolute Gasteiger partial charge is 0.421 e. The van der Waals surface area contributed by atoms with E-state index in [1.54, 1.807) is 30.2 Å². The molecule has 0 aliphatic carbocycles. The van der Waals surface area contributed by atoms with Crippen LogP contribution in [0.5, 0.6) is 11.8 Å². The molecule has 96 valence electrons. The predicted molar refractivity (Wildman–Crippen MR) is 65.4 cm³/mol. The number of aromatic nitrogens is 4. The lowest BCUT2D eigenvalue weighted by Crippen LogP contribution is -2.00. The van der Waals surface area contributed by atoms with E-state index in [9.17, 15) is 0 Å². The monoisotopic (exact) mass is 248 g/mol. The molecule has 0 unspecified atom stereocenters. The molecule has 18 heavy (non-hydrogen) atoms. The van der Waals surface area contributed by atoms with Crippen molar-refractivity contribution in [2.45, 2.75) is 33.4 Å². The zero-order valence-electron chi connectivity index (χ0n) is 10.7. The normalized spacial score (nSPS) is 10.9. The molecule has 2 aromatic heterocycles. The number of aryl methyl sites for hydroxylation is 1. The SMILES string of the molecule is Cc1nc(Oc2cnn(C(C)C)c2)ncc1CO. The van der Waals surface area contributed by atoms with Gasteiger partial charge in [-0.05, 0) is 20.8 Å². The Morgan fingerprint density at radius 3 is 2.72 bits per heavy atom. The van der Waals surface area contributed by atoms with E-state index in [4.69, 9.17) is 9.84 Å². The lowest BCUT2D eigenvalue weighted by atomic mass is 10.3. The Labute approximate surface area is 105 Å². The standard InChI is InChI=1S/C12H16N4O2/c1-8(2)16-6-11(5-14-16)18-12-13-4-10(7-17)9(3)15-12/h4-6,8,17H,7H2,1-3H3. The van der Waals surface area contributed by atoms with E-state index in [-0.39, 0.29) is 18.7 Å². The van der Waals surface area contributed by atoms with Crippen molar-refractivity contribution in [2.24, 2.45) is 0 Å². The molecule has 0 aromatic carbocycles. The molecule has 0 saturated heterocycles. The fourth-order valence-corrected chi connectivity index (χ4v) is 1.44. The van der Waals surface area contributed by atoms with E-state index in [2.05, 4.69) is 15.1 Å². The molecule has 6 heteroatoms. The Hall–Kier alpha value is -1.95. The van der Waals surface area contributed by atoms with E-state index in [0.717, 1.165) is 0 Å². The van der Waals surface area contributed by atoms with Crippen LogP contribution in [0.15, 0.2) is 18.6 Å². The van der Waals surface area contributed by atoms with Gasteiger partial charge >= 0.3 is 6.01 Å². The van der Waals surface area contributed by atoms with Gasteiger partial charge in [-0.3, -0.25) is 4.68 Å². The summed E-state index contributed by atoms with van der Waals surface area (Å²) in [5.41, 5.74) is 1.40. The van der Waals surface area contributed by atoms with Gasteiger partial charge in [-0.15, -0.1) is 0 Å². The highest BCUT2D eigenvalue weighted by atomic mass is 16.5. The summed E-state index contributed by atoms with van der Waals surface area (Å²) in [6.07, 6.45) is 4.98. The number of ether oxygens (including phenoxy) is 1. The van der Waals surface area contributed by atoms with Crippen LogP contribution in [-0.2, 0) is 6.61 Å². The van der Waals surface area contributed by atoms with Gasteiger partial charge < -0.3 is 9.84 Å². The summed E-state index contributed by atoms with van der Waals surface area (Å²) in [6, 6.07) is 0.537. The molecular weight excluding hydrogens is 232 g/mol. The molecule has 0 atom stereocenters. The predicted octanol–water partition coefficient (Wildman–Crippen LogP) is 1.85. The third kappa shape index (κ3) is 2.65. The zero-order chi connectivity index (χ0) is 13.1. The Morgan fingerprint density at radius 2 is 2.17 bits per heavy atom. The second kappa shape index (κ2) is 5.14. The van der Waals surface area contributed by atoms with Gasteiger partial charge in [0, 0.05) is 17.8 Å². The van der Waals surface area contributed by atoms with Crippen molar-refractivity contribution in [1.29, 1.82) is 0 Å². The summed E-state index contributed by atoms with van der Waals surface area (Å²) in [6.45, 7) is 5.80. The van der Waals surface area contributed by atoms with Gasteiger partial charge in [0.05, 0.1) is 24.7 Å². The maximum absolute atomic E-state index is 9.03. The van der Waals surface area contributed by atoms with Gasteiger partial charge in [-0.2, -0.15) is 10.1 Å². The van der Waals surface area contributed by atoms with E-state index in [1.165, 1.54) is 0 Å². The first-order valence-electron chi connectivity index (χ1n) is 5.75. The summed E-state index contributed by atoms with van der Waals surface area (Å²) < 4.78 is 7.30. The smallest absolute Gasteiger partial charge is 0.322 e. The van der Waals surface area contributed by atoms with E-state index < -0.39 is 0 Å². The van der Waals surface area contributed by atoms with Crippen LogP contribution in [0.3, 0.4) is 0 Å². The first-order valence-corrected chi connectivity index (χ1v) is 5.75. The lowest BCUT2D eigenvalue weighted by Gasteiger charge is -2.05. The fraction of sp³-hybridized carbons (Fsp3) is 0.417. The average molecular weight is 248 g/mol. The molecule has 0 fully saturated rings. The average Bonchev–Trinajstić information content (AvgIpc) is 2.78. The second-order valence-corrected chi connectivity index (χ2v) is 4.27. The van der Waals surface area contributed by atoms with Gasteiger partial charge in [-0.25, -0.2) is 4.98 Å². The Balaban J connectivity index is 2.15. The van der Waals surface area contributed by atoms with Gasteiger partial charge in [0.2, 0.25) is 0 Å². The molecule has 2 aromatic rings. The van der Waals surface area contributed by atoms with Crippen LogP contribution in [0.4, 0.5) is 0 Å². The number of hydrogen-bond donors (Lipinski definition) is 1. The summed E-state index contributed by atoms with van der Waals surface area (Å²) >= 11 is 0. The van der Waals surface area contributed by atoms with Gasteiger partial charge in [0.15, 0.2) is 5.75 Å². The van der Waals surface area contributed by atoms with Crippen LogP contribution in [0.25, 0.3) is 0 Å². The molecule has 1 N–H and O–H groups in total. The van der Waals surface area contributed by atoms with Crippen LogP contribution in [0, 0.1) is 6.92 Å². The van der Waals surface area contributed by atoms with Crippen molar-refractivity contribution in [2.75, 3.05) is 0 Å². The maximum Gasteiger partial charge on any atom is 0.322 e. The van der Waals surface area contributed by atoms with Crippen LogP contribution >= 0.6 is 0 Å². The second-order valence-electron chi connectivity index (χ2n) is 4.27. The third-order valence-corrected chi connectivity index (χ3v) is 2.55. The Morgan fingerprint density at radius 1 is 1.39 bits per heavy atom. The molecule has 0 aliphatic rings. The van der Waals surface area contributed by atoms with Crippen molar-refractivity contribution >= 4 is 0 Å². The van der Waals surface area contributed by atoms with Crippen LogP contribution in [0.2, 0.25) is 0 Å². The maximum atomic E-state index is 9.03. The van der Waals surface area contributed by atoms with E-state index >= 15 is 0 Å². The minimum absolute atomic E-state index is 0.0720. The number of aliphatic hydroxyl groups excluding tert-OH is 1. The molecule has 2 heterocycles. The number of nitrogens with zero attached hydrogens (tertiary/aromatic N) is 4. The summed E-state index contributed by atoms with van der Waals surface area (Å²) in [4.78, 5) is 8.19. The highest BCUT2D eigenvalue weighted by molar-refractivity contribution is 5.21. The van der Waals surface area contributed by atoms with Crippen molar-refractivity contribution < 1.29 is 9.84 Å². The summed E-state index contributed by atoms with van der Waals surface area (Å²) in [7, 11) is 0. The van der Waals surface area contributed by atoms with Crippen LogP contribution in [0.1, 0.15) is 31.1 Å². The van der Waals surface area contributed by atoms with Gasteiger partial charge in [-0.1, -0.05) is 0 Å². The fourth-order valence-electron chi connectivity index (χ4n) is 1.44. The number of rotatable bonds is 4. The molecular formula is C12H16N4O2. The molecule has 0 radical (unpaired) electrons. The third-order valence-electron chi connectivity index (χ3n) is 2.55. The van der Waals surface area contributed by atoms with Gasteiger partial charge in [0.25, 0.3) is 0 Å². The number of hydrogen-bond acceptors (Lipinski definition) is 5. The highest BCUT2D eigenvalue weighted by Crippen LogP contribution is 2.19. The topological polar surface area (TPSA) is 73.1 Å². The molecule has 0 bridgehead atoms. The highest BCUT2D eigenvalue weighted by Gasteiger charge is 2.07. The molecule has 0 amide bonds. The van der Waals surface area contributed by atoms with Crippen molar-refractivity contribution in [3.05, 3.63) is 29.8 Å². The summed E-state index contributed by atoms with van der Waals surface area (Å²) in [5, 5.41) is 13.2. The molecule has 0 spiro atoms. The van der Waals surface area contributed by atoms with Crippen molar-refractivity contribution in [3.8, 4) is 11.8 Å². The van der Waals surface area contributed by atoms with Crippen LogP contribution < -0.4 is 4.74 Å². The molecule has 2 rings (SSSR count). The van der Waals surface area contributed by atoms with E-state index in [0.29, 0.717) is 17.0 Å². The Kier molecular flexibility index (Phi) is 3.57. The minimum atomic E-state index is -0.0720. The van der Waals surface area contributed by atoms with E-state index in [1.807, 2.05) is 13.8 Å². The quantitative estimate of drug-likeness (QED) is 0.893. The molecule has 0 saturated carbocycles. The van der Waals surface area contributed by atoms with Crippen molar-refractivity contribution in [1.82, 2.24) is 19.7 Å². The van der Waals surface area contributed by atoms with Crippen molar-refractivity contribution in [3.63, 3.8) is 0 Å². The zero-order valence-corrected chi connectivity index (χ0v) is 10.7. The summed E-state index contributed by atoms with van der Waals surface area (Å²) in [5.74, 6) is 0.597. The minimum Gasteiger partial charge on any atom is -0.421 e. The van der Waals surface area contributed by atoms with Gasteiger partial charge in [0.1, 0.15) is 0 Å². The number of aliphatic hydroxyl groups is 1. The first-order chi connectivity index (χ1) is 8.60. The molecule has 6 nitrogen and oxygen atoms in total. The lowest BCUT2D eigenvalue weighted by molar-refractivity contribution is 0.279. The Bertz CT molecular complexity index is 537. The van der Waals surface area contributed by atoms with Crippen LogP contribution in [-0.4, -0.2) is 24.9 Å².